The van der Waals surface area contributed by atoms with E-state index in [2.05, 4.69) is 25.2 Å². The highest BCUT2D eigenvalue weighted by Crippen LogP contribution is 2.22. The summed E-state index contributed by atoms with van der Waals surface area (Å²) in [5.41, 5.74) is 1.36. The van der Waals surface area contributed by atoms with Crippen molar-refractivity contribution >= 4 is 12.0 Å². The third-order valence-electron chi connectivity index (χ3n) is 2.23. The third-order valence-corrected chi connectivity index (χ3v) is 2.23. The molecule has 0 saturated carbocycles. The smallest absolute Gasteiger partial charge is 0.337 e. The van der Waals surface area contributed by atoms with Crippen LogP contribution in [0, 0.1) is 5.92 Å². The number of rotatable bonds is 5. The molecule has 0 spiro atoms. The minimum Gasteiger partial charge on any atom is -0.493 e. The number of esters is 1. The Morgan fingerprint density at radius 1 is 1.47 bits per heavy atom. The zero-order valence-corrected chi connectivity index (χ0v) is 10.5. The molecule has 0 amide bonds. The van der Waals surface area contributed by atoms with Gasteiger partial charge in [-0.1, -0.05) is 32.6 Å². The van der Waals surface area contributed by atoms with Crippen molar-refractivity contribution in [1.82, 2.24) is 0 Å². The summed E-state index contributed by atoms with van der Waals surface area (Å²) in [4.78, 5) is 11.4. The number of ether oxygens (including phenoxy) is 2. The van der Waals surface area contributed by atoms with Gasteiger partial charge in [-0.2, -0.15) is 0 Å². The first kappa shape index (κ1) is 13.3. The maximum atomic E-state index is 11.4. The van der Waals surface area contributed by atoms with Gasteiger partial charge >= 0.3 is 5.97 Å². The first-order valence-electron chi connectivity index (χ1n) is 5.56. The molecule has 0 aromatic heterocycles. The molecule has 3 nitrogen and oxygen atoms in total. The zero-order valence-electron chi connectivity index (χ0n) is 10.5. The average molecular weight is 234 g/mol. The standard InChI is InChI=1S/C14H18O3/c1-5-11-6-7-12(14(15)16-4)8-13(11)17-9-10(2)3/h5-8,10H,1,9H2,2-4H3. The van der Waals surface area contributed by atoms with Crippen LogP contribution >= 0.6 is 0 Å². The molecular formula is C14H18O3. The van der Waals surface area contributed by atoms with Crippen LogP contribution in [0.3, 0.4) is 0 Å². The first-order chi connectivity index (χ1) is 8.08. The lowest BCUT2D eigenvalue weighted by Crippen LogP contribution is -2.07. The van der Waals surface area contributed by atoms with Crippen molar-refractivity contribution in [1.29, 1.82) is 0 Å². The van der Waals surface area contributed by atoms with Crippen molar-refractivity contribution in [3.63, 3.8) is 0 Å². The molecule has 0 atom stereocenters. The largest absolute Gasteiger partial charge is 0.493 e. The van der Waals surface area contributed by atoms with Gasteiger partial charge in [-0.15, -0.1) is 0 Å². The summed E-state index contributed by atoms with van der Waals surface area (Å²) in [6.07, 6.45) is 1.71. The summed E-state index contributed by atoms with van der Waals surface area (Å²) in [5, 5.41) is 0. The lowest BCUT2D eigenvalue weighted by atomic mass is 10.1. The Kier molecular flexibility index (Phi) is 4.76. The van der Waals surface area contributed by atoms with E-state index in [1.54, 1.807) is 24.3 Å². The molecule has 0 aliphatic rings. The highest BCUT2D eigenvalue weighted by Gasteiger charge is 2.09. The lowest BCUT2D eigenvalue weighted by Gasteiger charge is -2.12. The third kappa shape index (κ3) is 3.63. The molecule has 1 aromatic carbocycles. The molecule has 1 rings (SSSR count). The van der Waals surface area contributed by atoms with Gasteiger partial charge in [0.15, 0.2) is 0 Å². The van der Waals surface area contributed by atoms with Gasteiger partial charge < -0.3 is 9.47 Å². The van der Waals surface area contributed by atoms with Crippen molar-refractivity contribution in [2.75, 3.05) is 13.7 Å². The Morgan fingerprint density at radius 3 is 2.71 bits per heavy atom. The number of carbonyl (C=O) groups excluding carboxylic acids is 1. The van der Waals surface area contributed by atoms with Crippen LogP contribution in [-0.2, 0) is 4.74 Å². The Hall–Kier alpha value is -1.77. The summed E-state index contributed by atoms with van der Waals surface area (Å²) in [7, 11) is 1.36. The first-order valence-corrected chi connectivity index (χ1v) is 5.56. The molecular weight excluding hydrogens is 216 g/mol. The molecule has 0 fully saturated rings. The van der Waals surface area contributed by atoms with Gasteiger partial charge in [-0.3, -0.25) is 0 Å². The van der Waals surface area contributed by atoms with E-state index in [9.17, 15) is 4.79 Å². The molecule has 92 valence electrons. The number of hydrogen-bond acceptors (Lipinski definition) is 3. The van der Waals surface area contributed by atoms with Gasteiger partial charge in [-0.05, 0) is 18.1 Å². The molecule has 0 aliphatic heterocycles. The Labute approximate surface area is 102 Å². The van der Waals surface area contributed by atoms with E-state index in [0.717, 1.165) is 5.56 Å². The van der Waals surface area contributed by atoms with E-state index in [4.69, 9.17) is 4.74 Å². The quantitative estimate of drug-likeness (QED) is 0.734. The van der Waals surface area contributed by atoms with Crippen LogP contribution in [0.25, 0.3) is 6.08 Å². The molecule has 0 saturated heterocycles. The minimum atomic E-state index is -0.366. The van der Waals surface area contributed by atoms with E-state index < -0.39 is 0 Å². The number of carbonyl (C=O) groups is 1. The normalized spacial score (nSPS) is 10.1. The second-order valence-corrected chi connectivity index (χ2v) is 4.15. The minimum absolute atomic E-state index is 0.366. The predicted octanol–water partition coefficient (Wildman–Crippen LogP) is 3.15. The summed E-state index contributed by atoms with van der Waals surface area (Å²) in [5.74, 6) is 0.723. The van der Waals surface area contributed by atoms with Crippen molar-refractivity contribution in [2.24, 2.45) is 5.92 Å². The van der Waals surface area contributed by atoms with Crippen molar-refractivity contribution in [3.8, 4) is 5.75 Å². The van der Waals surface area contributed by atoms with Gasteiger partial charge in [0.1, 0.15) is 5.75 Å². The highest BCUT2D eigenvalue weighted by atomic mass is 16.5. The number of methoxy groups -OCH3 is 1. The van der Waals surface area contributed by atoms with Gasteiger partial charge in [0.2, 0.25) is 0 Å². The van der Waals surface area contributed by atoms with E-state index in [1.807, 2.05) is 0 Å². The van der Waals surface area contributed by atoms with Crippen LogP contribution in [0.5, 0.6) is 5.75 Å². The predicted molar refractivity (Wildman–Crippen MR) is 68.2 cm³/mol. The maximum Gasteiger partial charge on any atom is 0.337 e. The van der Waals surface area contributed by atoms with Crippen LogP contribution in [0.4, 0.5) is 0 Å². The maximum absolute atomic E-state index is 11.4. The van der Waals surface area contributed by atoms with Gasteiger partial charge in [0, 0.05) is 5.56 Å². The van der Waals surface area contributed by atoms with Gasteiger partial charge in [0.05, 0.1) is 19.3 Å². The van der Waals surface area contributed by atoms with Crippen LogP contribution in [0.2, 0.25) is 0 Å². The Bertz CT molecular complexity index is 408. The molecule has 0 radical (unpaired) electrons. The van der Waals surface area contributed by atoms with Crippen LogP contribution in [-0.4, -0.2) is 19.7 Å². The van der Waals surface area contributed by atoms with Crippen molar-refractivity contribution < 1.29 is 14.3 Å². The topological polar surface area (TPSA) is 35.5 Å². The molecule has 0 N–H and O–H groups in total. The Morgan fingerprint density at radius 2 is 2.18 bits per heavy atom. The van der Waals surface area contributed by atoms with Gasteiger partial charge in [-0.25, -0.2) is 4.79 Å². The molecule has 0 aliphatic carbocycles. The second kappa shape index (κ2) is 6.09. The van der Waals surface area contributed by atoms with Crippen molar-refractivity contribution in [3.05, 3.63) is 35.9 Å². The SMILES string of the molecule is C=Cc1ccc(C(=O)OC)cc1OCC(C)C. The summed E-state index contributed by atoms with van der Waals surface area (Å²) in [6.45, 7) is 8.45. The summed E-state index contributed by atoms with van der Waals surface area (Å²) >= 11 is 0. The van der Waals surface area contributed by atoms with Crippen LogP contribution in [0.1, 0.15) is 29.8 Å². The number of hydrogen-bond donors (Lipinski definition) is 0. The fourth-order valence-electron chi connectivity index (χ4n) is 1.33. The molecule has 1 aromatic rings. The van der Waals surface area contributed by atoms with E-state index >= 15 is 0 Å². The Balaban J connectivity index is 2.97. The van der Waals surface area contributed by atoms with E-state index in [1.165, 1.54) is 7.11 Å². The molecule has 0 heterocycles. The van der Waals surface area contributed by atoms with Crippen molar-refractivity contribution in [2.45, 2.75) is 13.8 Å². The summed E-state index contributed by atoms with van der Waals surface area (Å²) < 4.78 is 10.3. The van der Waals surface area contributed by atoms with Crippen LogP contribution < -0.4 is 4.74 Å². The molecule has 3 heteroatoms. The second-order valence-electron chi connectivity index (χ2n) is 4.15. The highest BCUT2D eigenvalue weighted by molar-refractivity contribution is 5.90. The zero-order chi connectivity index (χ0) is 12.8. The molecule has 0 bridgehead atoms. The van der Waals surface area contributed by atoms with E-state index in [0.29, 0.717) is 23.8 Å². The average Bonchev–Trinajstić information content (AvgIpc) is 2.34. The fraction of sp³-hybridized carbons (Fsp3) is 0.357. The fourth-order valence-corrected chi connectivity index (χ4v) is 1.33. The van der Waals surface area contributed by atoms with E-state index in [-0.39, 0.29) is 5.97 Å². The summed E-state index contributed by atoms with van der Waals surface area (Å²) in [6, 6.07) is 5.19. The molecule has 17 heavy (non-hydrogen) atoms. The van der Waals surface area contributed by atoms with Gasteiger partial charge in [0.25, 0.3) is 0 Å². The lowest BCUT2D eigenvalue weighted by molar-refractivity contribution is 0.0600. The monoisotopic (exact) mass is 234 g/mol. The van der Waals surface area contributed by atoms with Crippen LogP contribution in [0.15, 0.2) is 24.8 Å². The number of benzene rings is 1. The molecule has 0 unspecified atom stereocenters.